The van der Waals surface area contributed by atoms with Gasteiger partial charge in [0.25, 0.3) is 0 Å². The Morgan fingerprint density at radius 3 is 2.10 bits per heavy atom. The molecular weight excluding hydrogens is 390 g/mol. The number of fused-ring (bicyclic) bond motifs is 3. The van der Waals surface area contributed by atoms with Gasteiger partial charge in [0, 0.05) is 5.92 Å². The van der Waals surface area contributed by atoms with E-state index in [2.05, 4.69) is 17.4 Å². The van der Waals surface area contributed by atoms with Crippen LogP contribution < -0.4 is 5.32 Å². The highest BCUT2D eigenvalue weighted by molar-refractivity contribution is 5.81. The van der Waals surface area contributed by atoms with Crippen LogP contribution in [-0.4, -0.2) is 29.8 Å². The van der Waals surface area contributed by atoms with Gasteiger partial charge in [0.15, 0.2) is 0 Å². The molecule has 0 fully saturated rings. The summed E-state index contributed by atoms with van der Waals surface area (Å²) in [4.78, 5) is 23.9. The maximum atomic E-state index is 12.4. The van der Waals surface area contributed by atoms with E-state index in [-0.39, 0.29) is 18.9 Å². The van der Waals surface area contributed by atoms with Crippen LogP contribution in [0.2, 0.25) is 0 Å². The lowest BCUT2D eigenvalue weighted by molar-refractivity contribution is -0.139. The number of carbonyl (C=O) groups is 2. The van der Waals surface area contributed by atoms with Crippen molar-refractivity contribution >= 4 is 18.1 Å². The number of aliphatic carboxylic acids is 1. The summed E-state index contributed by atoms with van der Waals surface area (Å²) in [6.45, 7) is 0.145. The smallest absolute Gasteiger partial charge is 0.407 e. The minimum Gasteiger partial charge on any atom is -0.480 e. The maximum absolute atomic E-state index is 12.4. The van der Waals surface area contributed by atoms with Gasteiger partial charge in [-0.05, 0) is 34.2 Å². The Hall–Kier alpha value is -3.86. The van der Waals surface area contributed by atoms with E-state index in [0.29, 0.717) is 0 Å². The number of carbonyl (C=O) groups excluding carboxylic acids is 1. The highest BCUT2D eigenvalue weighted by Crippen LogP contribution is 2.44. The minimum atomic E-state index is -1.11. The second-order valence-corrected chi connectivity index (χ2v) is 7.41. The molecule has 5 heteroatoms. The molecule has 0 saturated heterocycles. The van der Waals surface area contributed by atoms with E-state index < -0.39 is 18.1 Å². The summed E-state index contributed by atoms with van der Waals surface area (Å²) >= 11 is 0. The summed E-state index contributed by atoms with van der Waals surface area (Å²) in [5.74, 6) is -1.18. The highest BCUT2D eigenvalue weighted by atomic mass is 16.5. The Bertz CT molecular complexity index is 1060. The number of nitrogens with one attached hydrogen (secondary N) is 1. The zero-order chi connectivity index (χ0) is 21.6. The SMILES string of the molecule is O=C(NC(CC=Cc1ccccc1)C(=O)O)OCC1c2ccccc2-c2ccccc21. The van der Waals surface area contributed by atoms with Gasteiger partial charge >= 0.3 is 12.1 Å². The van der Waals surface area contributed by atoms with Gasteiger partial charge in [-0.2, -0.15) is 0 Å². The minimum absolute atomic E-state index is 0.0700. The lowest BCUT2D eigenvalue weighted by Crippen LogP contribution is -2.41. The average molecular weight is 413 g/mol. The zero-order valence-corrected chi connectivity index (χ0v) is 16.9. The second kappa shape index (κ2) is 9.30. The van der Waals surface area contributed by atoms with E-state index in [9.17, 15) is 14.7 Å². The summed E-state index contributed by atoms with van der Waals surface area (Å²) in [6, 6.07) is 24.6. The fourth-order valence-electron chi connectivity index (χ4n) is 3.91. The second-order valence-electron chi connectivity index (χ2n) is 7.41. The van der Waals surface area contributed by atoms with Crippen molar-refractivity contribution in [2.45, 2.75) is 18.4 Å². The van der Waals surface area contributed by atoms with Crippen LogP contribution in [0.1, 0.15) is 29.0 Å². The van der Waals surface area contributed by atoms with Crippen LogP contribution in [0.4, 0.5) is 4.79 Å². The van der Waals surface area contributed by atoms with E-state index in [4.69, 9.17) is 4.74 Å². The molecule has 0 saturated carbocycles. The number of carboxylic acids is 1. The number of carboxylic acid groups (broad SMARTS) is 1. The number of rotatable bonds is 7. The molecule has 1 amide bonds. The van der Waals surface area contributed by atoms with Gasteiger partial charge in [-0.15, -0.1) is 0 Å². The number of hydrogen-bond acceptors (Lipinski definition) is 3. The summed E-state index contributed by atoms with van der Waals surface area (Å²) in [5.41, 5.74) is 5.46. The topological polar surface area (TPSA) is 75.6 Å². The van der Waals surface area contributed by atoms with Crippen LogP contribution in [0, 0.1) is 0 Å². The van der Waals surface area contributed by atoms with E-state index >= 15 is 0 Å². The molecule has 31 heavy (non-hydrogen) atoms. The van der Waals surface area contributed by atoms with Crippen LogP contribution in [0.25, 0.3) is 17.2 Å². The first-order valence-corrected chi connectivity index (χ1v) is 10.2. The van der Waals surface area contributed by atoms with E-state index in [1.807, 2.05) is 72.8 Å². The highest BCUT2D eigenvalue weighted by Gasteiger charge is 2.29. The first kappa shape index (κ1) is 20.4. The van der Waals surface area contributed by atoms with Gasteiger partial charge in [0.1, 0.15) is 12.6 Å². The standard InChI is InChI=1S/C26H23NO4/c28-25(29)24(16-8-11-18-9-2-1-3-10-18)27-26(30)31-17-23-21-14-6-4-12-19(21)20-13-5-7-15-22(20)23/h1-15,23-24H,16-17H2,(H,27,30)(H,28,29). The van der Waals surface area contributed by atoms with Crippen molar-refractivity contribution in [2.24, 2.45) is 0 Å². The van der Waals surface area contributed by atoms with Crippen molar-refractivity contribution in [3.63, 3.8) is 0 Å². The van der Waals surface area contributed by atoms with Crippen molar-refractivity contribution in [3.8, 4) is 11.1 Å². The average Bonchev–Trinajstić information content (AvgIpc) is 3.11. The van der Waals surface area contributed by atoms with Crippen LogP contribution in [0.15, 0.2) is 84.9 Å². The lowest BCUT2D eigenvalue weighted by atomic mass is 9.98. The van der Waals surface area contributed by atoms with Gasteiger partial charge in [0.05, 0.1) is 0 Å². The molecule has 0 bridgehead atoms. The Morgan fingerprint density at radius 2 is 1.48 bits per heavy atom. The van der Waals surface area contributed by atoms with Crippen LogP contribution >= 0.6 is 0 Å². The Kier molecular flexibility index (Phi) is 6.13. The van der Waals surface area contributed by atoms with Crippen LogP contribution in [0.3, 0.4) is 0 Å². The molecule has 1 aliphatic rings. The Labute approximate surface area is 181 Å². The maximum Gasteiger partial charge on any atom is 0.407 e. The zero-order valence-electron chi connectivity index (χ0n) is 16.9. The Balaban J connectivity index is 1.38. The van der Waals surface area contributed by atoms with Gasteiger partial charge in [0.2, 0.25) is 0 Å². The fourth-order valence-corrected chi connectivity index (χ4v) is 3.91. The molecule has 3 aromatic carbocycles. The van der Waals surface area contributed by atoms with Crippen molar-refractivity contribution in [1.29, 1.82) is 0 Å². The molecule has 5 nitrogen and oxygen atoms in total. The third kappa shape index (κ3) is 4.67. The van der Waals surface area contributed by atoms with Gasteiger partial charge in [-0.1, -0.05) is 91.0 Å². The van der Waals surface area contributed by atoms with Crippen molar-refractivity contribution in [2.75, 3.05) is 6.61 Å². The molecule has 3 aromatic rings. The first-order valence-electron chi connectivity index (χ1n) is 10.2. The van der Waals surface area contributed by atoms with Crippen LogP contribution in [0.5, 0.6) is 0 Å². The summed E-state index contributed by atoms with van der Waals surface area (Å²) in [5, 5.41) is 11.9. The van der Waals surface area contributed by atoms with Crippen molar-refractivity contribution in [1.82, 2.24) is 5.32 Å². The van der Waals surface area contributed by atoms with Crippen molar-refractivity contribution in [3.05, 3.63) is 102 Å². The number of alkyl carbamates (subject to hydrolysis) is 1. The molecule has 0 radical (unpaired) electrons. The molecule has 0 aliphatic heterocycles. The van der Waals surface area contributed by atoms with E-state index in [1.165, 1.54) is 0 Å². The molecule has 4 rings (SSSR count). The predicted molar refractivity (Wildman–Crippen MR) is 120 cm³/mol. The van der Waals surface area contributed by atoms with E-state index in [1.54, 1.807) is 6.08 Å². The molecule has 156 valence electrons. The molecule has 2 N–H and O–H groups in total. The molecular formula is C26H23NO4. The monoisotopic (exact) mass is 413 g/mol. The molecule has 0 heterocycles. The van der Waals surface area contributed by atoms with Gasteiger partial charge in [-0.25, -0.2) is 9.59 Å². The summed E-state index contributed by atoms with van der Waals surface area (Å²) in [6.07, 6.45) is 2.99. The number of benzene rings is 3. The molecule has 1 aliphatic carbocycles. The molecule has 1 atom stereocenters. The normalized spacial score (nSPS) is 13.4. The largest absolute Gasteiger partial charge is 0.480 e. The first-order chi connectivity index (χ1) is 15.1. The number of hydrogen-bond donors (Lipinski definition) is 2. The predicted octanol–water partition coefficient (Wildman–Crippen LogP) is 5.08. The van der Waals surface area contributed by atoms with Crippen molar-refractivity contribution < 1.29 is 19.4 Å². The Morgan fingerprint density at radius 1 is 0.903 bits per heavy atom. The number of amides is 1. The molecule has 1 unspecified atom stereocenters. The van der Waals surface area contributed by atoms with Crippen LogP contribution in [-0.2, 0) is 9.53 Å². The third-order valence-corrected chi connectivity index (χ3v) is 5.42. The quantitative estimate of drug-likeness (QED) is 0.566. The number of ether oxygens (including phenoxy) is 1. The summed E-state index contributed by atoms with van der Waals surface area (Å²) in [7, 11) is 0. The summed E-state index contributed by atoms with van der Waals surface area (Å²) < 4.78 is 5.45. The van der Waals surface area contributed by atoms with E-state index in [0.717, 1.165) is 27.8 Å². The fraction of sp³-hybridized carbons (Fsp3) is 0.154. The van der Waals surface area contributed by atoms with Gasteiger partial charge < -0.3 is 15.2 Å². The molecule has 0 spiro atoms. The molecule has 0 aromatic heterocycles. The third-order valence-electron chi connectivity index (χ3n) is 5.42. The lowest BCUT2D eigenvalue weighted by Gasteiger charge is -2.16. The van der Waals surface area contributed by atoms with Gasteiger partial charge in [-0.3, -0.25) is 0 Å².